The van der Waals surface area contributed by atoms with Gasteiger partial charge < -0.3 is 20.5 Å². The van der Waals surface area contributed by atoms with Crippen LogP contribution < -0.4 is 10.6 Å². The number of urea groups is 1. The van der Waals surface area contributed by atoms with Crippen molar-refractivity contribution in [2.24, 2.45) is 0 Å². The molecule has 1 aliphatic rings. The van der Waals surface area contributed by atoms with Crippen molar-refractivity contribution in [2.45, 2.75) is 25.0 Å². The average Bonchev–Trinajstić information content (AvgIpc) is 2.71. The smallest absolute Gasteiger partial charge is 0.319 e. The predicted octanol–water partition coefficient (Wildman–Crippen LogP) is 1.63. The standard InChI is InChI=1S/C13H16F2N2O3/c1-8-13(19,4-5-20-8)7-16-12(18)17-11-3-2-9(14)6-10(11)15/h2-3,6,8,19H,4-5,7H2,1H3,(H2,16,17,18). The second-order valence-corrected chi connectivity index (χ2v) is 4.80. The molecule has 0 aliphatic carbocycles. The van der Waals surface area contributed by atoms with Crippen LogP contribution in [-0.4, -0.2) is 36.0 Å². The zero-order valence-electron chi connectivity index (χ0n) is 11.0. The molecule has 2 rings (SSSR count). The van der Waals surface area contributed by atoms with Crippen LogP contribution in [0.2, 0.25) is 0 Å². The zero-order chi connectivity index (χ0) is 14.8. The van der Waals surface area contributed by atoms with Gasteiger partial charge in [-0.15, -0.1) is 0 Å². The van der Waals surface area contributed by atoms with E-state index in [1.54, 1.807) is 6.92 Å². The van der Waals surface area contributed by atoms with Gasteiger partial charge in [0.2, 0.25) is 0 Å². The molecular formula is C13H16F2N2O3. The molecule has 2 unspecified atom stereocenters. The molecule has 1 fully saturated rings. The molecule has 0 radical (unpaired) electrons. The Morgan fingerprint density at radius 3 is 2.90 bits per heavy atom. The Hall–Kier alpha value is -1.73. The van der Waals surface area contributed by atoms with E-state index < -0.39 is 23.3 Å². The van der Waals surface area contributed by atoms with Gasteiger partial charge in [0.1, 0.15) is 17.2 Å². The van der Waals surface area contributed by atoms with Crippen LogP contribution in [0.3, 0.4) is 0 Å². The molecule has 1 heterocycles. The van der Waals surface area contributed by atoms with Gasteiger partial charge >= 0.3 is 6.03 Å². The molecule has 20 heavy (non-hydrogen) atoms. The number of carbonyl (C=O) groups excluding carboxylic acids is 1. The quantitative estimate of drug-likeness (QED) is 0.791. The first-order valence-corrected chi connectivity index (χ1v) is 6.24. The molecule has 7 heteroatoms. The van der Waals surface area contributed by atoms with Crippen molar-refractivity contribution in [3.63, 3.8) is 0 Å². The molecule has 1 aliphatic heterocycles. The highest BCUT2D eigenvalue weighted by Crippen LogP contribution is 2.24. The monoisotopic (exact) mass is 286 g/mol. The molecule has 0 saturated carbocycles. The number of hydrogen-bond donors (Lipinski definition) is 3. The van der Waals surface area contributed by atoms with Crippen LogP contribution in [0.1, 0.15) is 13.3 Å². The lowest BCUT2D eigenvalue weighted by atomic mass is 9.97. The maximum absolute atomic E-state index is 13.3. The molecule has 0 spiro atoms. The van der Waals surface area contributed by atoms with Crippen LogP contribution >= 0.6 is 0 Å². The number of amides is 2. The predicted molar refractivity (Wildman–Crippen MR) is 68.4 cm³/mol. The SMILES string of the molecule is CC1OCCC1(O)CNC(=O)Nc1ccc(F)cc1F. The van der Waals surface area contributed by atoms with Crippen LogP contribution in [0.5, 0.6) is 0 Å². The van der Waals surface area contributed by atoms with Crippen molar-refractivity contribution >= 4 is 11.7 Å². The van der Waals surface area contributed by atoms with E-state index in [1.165, 1.54) is 0 Å². The lowest BCUT2D eigenvalue weighted by Crippen LogP contribution is -2.48. The zero-order valence-corrected chi connectivity index (χ0v) is 11.0. The van der Waals surface area contributed by atoms with Crippen molar-refractivity contribution in [2.75, 3.05) is 18.5 Å². The molecule has 2 atom stereocenters. The van der Waals surface area contributed by atoms with Crippen LogP contribution in [0, 0.1) is 11.6 Å². The number of halogens is 2. The number of hydrogen-bond acceptors (Lipinski definition) is 3. The van der Waals surface area contributed by atoms with Gasteiger partial charge in [-0.1, -0.05) is 0 Å². The molecular weight excluding hydrogens is 270 g/mol. The number of anilines is 1. The summed E-state index contributed by atoms with van der Waals surface area (Å²) < 4.78 is 31.3. The number of benzene rings is 1. The number of aliphatic hydroxyl groups is 1. The molecule has 1 aromatic rings. The van der Waals surface area contributed by atoms with Gasteiger partial charge in [0.05, 0.1) is 18.3 Å². The lowest BCUT2D eigenvalue weighted by molar-refractivity contribution is -0.0241. The fourth-order valence-corrected chi connectivity index (χ4v) is 1.99. The highest BCUT2D eigenvalue weighted by molar-refractivity contribution is 5.89. The summed E-state index contributed by atoms with van der Waals surface area (Å²) in [6, 6.07) is 2.16. The summed E-state index contributed by atoms with van der Waals surface area (Å²) in [6.07, 6.45) is 0.0321. The third-order valence-corrected chi connectivity index (χ3v) is 3.39. The Labute approximate surface area is 114 Å². The molecule has 0 aromatic heterocycles. The molecule has 2 amide bonds. The van der Waals surface area contributed by atoms with E-state index in [4.69, 9.17) is 4.74 Å². The summed E-state index contributed by atoms with van der Waals surface area (Å²) in [7, 11) is 0. The maximum Gasteiger partial charge on any atom is 0.319 e. The number of nitrogens with one attached hydrogen (secondary N) is 2. The van der Waals surface area contributed by atoms with Gasteiger partial charge in [-0.2, -0.15) is 0 Å². The Morgan fingerprint density at radius 1 is 1.55 bits per heavy atom. The van der Waals surface area contributed by atoms with Crippen molar-refractivity contribution in [1.29, 1.82) is 0 Å². The van der Waals surface area contributed by atoms with Gasteiger partial charge in [0.25, 0.3) is 0 Å². The third-order valence-electron chi connectivity index (χ3n) is 3.39. The Bertz CT molecular complexity index is 512. The molecule has 1 saturated heterocycles. The maximum atomic E-state index is 13.3. The normalized spacial score (nSPS) is 25.5. The summed E-state index contributed by atoms with van der Waals surface area (Å²) >= 11 is 0. The van der Waals surface area contributed by atoms with Gasteiger partial charge in [-0.05, 0) is 19.1 Å². The summed E-state index contributed by atoms with van der Waals surface area (Å²) in [5.41, 5.74) is -1.26. The summed E-state index contributed by atoms with van der Waals surface area (Å²) in [6.45, 7) is 2.13. The first-order chi connectivity index (χ1) is 9.40. The second kappa shape index (κ2) is 5.72. The molecule has 1 aromatic carbocycles. The molecule has 5 nitrogen and oxygen atoms in total. The molecule has 110 valence electrons. The van der Waals surface area contributed by atoms with Crippen LogP contribution in [-0.2, 0) is 4.74 Å². The third kappa shape index (κ3) is 3.23. The van der Waals surface area contributed by atoms with Crippen molar-refractivity contribution < 1.29 is 23.4 Å². The fourth-order valence-electron chi connectivity index (χ4n) is 1.99. The van der Waals surface area contributed by atoms with E-state index >= 15 is 0 Å². The van der Waals surface area contributed by atoms with Crippen molar-refractivity contribution in [1.82, 2.24) is 5.32 Å². The minimum absolute atomic E-state index is 0.0111. The Kier molecular flexibility index (Phi) is 4.20. The largest absolute Gasteiger partial charge is 0.385 e. The highest BCUT2D eigenvalue weighted by Gasteiger charge is 2.39. The van der Waals surface area contributed by atoms with E-state index in [-0.39, 0.29) is 18.3 Å². The first-order valence-electron chi connectivity index (χ1n) is 6.24. The van der Waals surface area contributed by atoms with Gasteiger partial charge in [-0.3, -0.25) is 0 Å². The van der Waals surface area contributed by atoms with Crippen molar-refractivity contribution in [3.05, 3.63) is 29.8 Å². The van der Waals surface area contributed by atoms with Crippen molar-refractivity contribution in [3.8, 4) is 0 Å². The number of ether oxygens (including phenoxy) is 1. The van der Waals surface area contributed by atoms with Crippen LogP contribution in [0.15, 0.2) is 18.2 Å². The summed E-state index contributed by atoms with van der Waals surface area (Å²) in [5.74, 6) is -1.59. The van der Waals surface area contributed by atoms with Crippen LogP contribution in [0.25, 0.3) is 0 Å². The Morgan fingerprint density at radius 2 is 2.30 bits per heavy atom. The highest BCUT2D eigenvalue weighted by atomic mass is 19.1. The second-order valence-electron chi connectivity index (χ2n) is 4.80. The fraction of sp³-hybridized carbons (Fsp3) is 0.462. The average molecular weight is 286 g/mol. The number of carbonyl (C=O) groups is 1. The first kappa shape index (κ1) is 14.7. The van der Waals surface area contributed by atoms with E-state index in [2.05, 4.69) is 10.6 Å². The van der Waals surface area contributed by atoms with Crippen LogP contribution in [0.4, 0.5) is 19.3 Å². The minimum atomic E-state index is -1.13. The Balaban J connectivity index is 1.89. The van der Waals surface area contributed by atoms with E-state index in [1.807, 2.05) is 0 Å². The van der Waals surface area contributed by atoms with Gasteiger partial charge in [0.15, 0.2) is 0 Å². The summed E-state index contributed by atoms with van der Waals surface area (Å²) in [5, 5.41) is 14.9. The van der Waals surface area contributed by atoms with E-state index in [0.717, 1.165) is 12.1 Å². The lowest BCUT2D eigenvalue weighted by Gasteiger charge is -2.26. The topological polar surface area (TPSA) is 70.6 Å². The summed E-state index contributed by atoms with van der Waals surface area (Å²) in [4.78, 5) is 11.6. The van der Waals surface area contributed by atoms with Gasteiger partial charge in [-0.25, -0.2) is 13.6 Å². The van der Waals surface area contributed by atoms with E-state index in [9.17, 15) is 18.7 Å². The van der Waals surface area contributed by atoms with Gasteiger partial charge in [0, 0.05) is 19.1 Å². The molecule has 0 bridgehead atoms. The molecule has 3 N–H and O–H groups in total. The van der Waals surface area contributed by atoms with E-state index in [0.29, 0.717) is 19.1 Å². The minimum Gasteiger partial charge on any atom is -0.385 e. The number of rotatable bonds is 3.